The van der Waals surface area contributed by atoms with E-state index in [0.29, 0.717) is 11.4 Å². The predicted octanol–water partition coefficient (Wildman–Crippen LogP) is 6.45. The minimum Gasteiger partial charge on any atom is -0.125 e. The smallest absolute Gasteiger partial charge is 0.0376 e. The van der Waals surface area contributed by atoms with Crippen molar-refractivity contribution in [3.63, 3.8) is 0 Å². The molecule has 22 heavy (non-hydrogen) atoms. The first kappa shape index (κ1) is 16.1. The van der Waals surface area contributed by atoms with Gasteiger partial charge >= 0.3 is 0 Å². The molecule has 8 heteroatoms. The highest BCUT2D eigenvalue weighted by molar-refractivity contribution is 8.03. The third-order valence-electron chi connectivity index (χ3n) is 2.61. The van der Waals surface area contributed by atoms with Crippen molar-refractivity contribution in [3.8, 4) is 0 Å². The summed E-state index contributed by atoms with van der Waals surface area (Å²) in [5.74, 6) is 1.95. The summed E-state index contributed by atoms with van der Waals surface area (Å²) in [7, 11) is 0. The van der Waals surface area contributed by atoms with Gasteiger partial charge in [0.05, 0.1) is 0 Å². The number of azide groups is 2. The van der Waals surface area contributed by atoms with E-state index in [9.17, 15) is 0 Å². The first-order chi connectivity index (χ1) is 10.8. The quantitative estimate of drug-likeness (QED) is 0.192. The molecule has 0 aliphatic rings. The molecule has 0 saturated heterocycles. The van der Waals surface area contributed by atoms with Gasteiger partial charge < -0.3 is 0 Å². The standard InChI is InChI=1S/C14H12N6S2/c15-19-17-11-1-5-13(6-2-11)21-9-10-22-14-7-3-12(4-8-14)18-20-16/h1-8H,9-10H2. The van der Waals surface area contributed by atoms with Gasteiger partial charge in [0.15, 0.2) is 0 Å². The van der Waals surface area contributed by atoms with E-state index < -0.39 is 0 Å². The number of nitrogens with zero attached hydrogens (tertiary/aromatic N) is 6. The molecule has 0 aromatic heterocycles. The Bertz CT molecular complexity index is 638. The van der Waals surface area contributed by atoms with Crippen LogP contribution in [0.5, 0.6) is 0 Å². The molecule has 0 atom stereocenters. The lowest BCUT2D eigenvalue weighted by Gasteiger charge is -2.03. The normalized spacial score (nSPS) is 9.64. The highest BCUT2D eigenvalue weighted by Gasteiger charge is 1.97. The maximum absolute atomic E-state index is 8.34. The van der Waals surface area contributed by atoms with Crippen LogP contribution in [0, 0.1) is 0 Å². The van der Waals surface area contributed by atoms with Crippen LogP contribution in [0.2, 0.25) is 0 Å². The summed E-state index contributed by atoms with van der Waals surface area (Å²) in [5.41, 5.74) is 17.9. The fourth-order valence-corrected chi connectivity index (χ4v) is 3.44. The minimum atomic E-state index is 0.626. The van der Waals surface area contributed by atoms with Crippen molar-refractivity contribution in [3.05, 3.63) is 69.4 Å². The fourth-order valence-electron chi connectivity index (χ4n) is 1.64. The second kappa shape index (κ2) is 8.92. The average Bonchev–Trinajstić information content (AvgIpc) is 2.55. The molecule has 0 radical (unpaired) electrons. The Hall–Kier alpha value is -2.24. The van der Waals surface area contributed by atoms with Crippen LogP contribution in [0.1, 0.15) is 0 Å². The summed E-state index contributed by atoms with van der Waals surface area (Å²) in [6.45, 7) is 0. The lowest BCUT2D eigenvalue weighted by molar-refractivity contribution is 1.38. The maximum atomic E-state index is 8.34. The zero-order valence-corrected chi connectivity index (χ0v) is 13.2. The van der Waals surface area contributed by atoms with E-state index in [-0.39, 0.29) is 0 Å². The van der Waals surface area contributed by atoms with E-state index >= 15 is 0 Å². The van der Waals surface area contributed by atoms with Gasteiger partial charge in [0.2, 0.25) is 0 Å². The summed E-state index contributed by atoms with van der Waals surface area (Å²) in [6.07, 6.45) is 0. The molecule has 0 bridgehead atoms. The number of hydrogen-bond acceptors (Lipinski definition) is 4. The van der Waals surface area contributed by atoms with E-state index in [1.807, 2.05) is 48.5 Å². The molecule has 0 saturated carbocycles. The van der Waals surface area contributed by atoms with Crippen LogP contribution in [-0.4, -0.2) is 11.5 Å². The molecule has 2 aromatic carbocycles. The maximum Gasteiger partial charge on any atom is 0.0376 e. The van der Waals surface area contributed by atoms with Gasteiger partial charge in [-0.2, -0.15) is 0 Å². The summed E-state index contributed by atoms with van der Waals surface area (Å²) >= 11 is 3.51. The molecule has 0 spiro atoms. The highest BCUT2D eigenvalue weighted by atomic mass is 32.2. The van der Waals surface area contributed by atoms with E-state index in [1.165, 1.54) is 0 Å². The van der Waals surface area contributed by atoms with E-state index in [1.54, 1.807) is 23.5 Å². The van der Waals surface area contributed by atoms with E-state index in [2.05, 4.69) is 20.1 Å². The number of rotatable bonds is 7. The van der Waals surface area contributed by atoms with Crippen LogP contribution in [0.25, 0.3) is 20.9 Å². The Morgan fingerprint density at radius 3 is 1.36 bits per heavy atom. The van der Waals surface area contributed by atoms with Crippen molar-refractivity contribution in [1.29, 1.82) is 0 Å². The van der Waals surface area contributed by atoms with Gasteiger partial charge in [-0.15, -0.1) is 23.5 Å². The molecule has 0 amide bonds. The lowest BCUT2D eigenvalue weighted by atomic mass is 10.3. The first-order valence-corrected chi connectivity index (χ1v) is 8.35. The number of hydrogen-bond donors (Lipinski definition) is 0. The van der Waals surface area contributed by atoms with Gasteiger partial charge in [0, 0.05) is 42.5 Å². The van der Waals surface area contributed by atoms with Crippen LogP contribution < -0.4 is 0 Å². The van der Waals surface area contributed by atoms with Crippen molar-refractivity contribution in [2.75, 3.05) is 11.5 Å². The molecular formula is C14H12N6S2. The average molecular weight is 328 g/mol. The summed E-state index contributed by atoms with van der Waals surface area (Å²) in [5, 5.41) is 7.08. The van der Waals surface area contributed by atoms with Gasteiger partial charge in [0.1, 0.15) is 0 Å². The highest BCUT2D eigenvalue weighted by Crippen LogP contribution is 2.26. The summed E-state index contributed by atoms with van der Waals surface area (Å²) < 4.78 is 0. The number of thioether (sulfide) groups is 2. The Morgan fingerprint density at radius 2 is 1.05 bits per heavy atom. The predicted molar refractivity (Wildman–Crippen MR) is 91.9 cm³/mol. The topological polar surface area (TPSA) is 97.5 Å². The molecule has 2 aromatic rings. The van der Waals surface area contributed by atoms with Crippen LogP contribution in [0.3, 0.4) is 0 Å². The third-order valence-corrected chi connectivity index (χ3v) is 4.90. The third kappa shape index (κ3) is 5.27. The van der Waals surface area contributed by atoms with Crippen molar-refractivity contribution in [2.45, 2.75) is 9.79 Å². The van der Waals surface area contributed by atoms with Crippen molar-refractivity contribution >= 4 is 34.9 Å². The van der Waals surface area contributed by atoms with Crippen LogP contribution in [0.4, 0.5) is 11.4 Å². The molecule has 0 aliphatic carbocycles. The number of benzene rings is 2. The molecule has 2 rings (SSSR count). The van der Waals surface area contributed by atoms with Gasteiger partial charge in [-0.05, 0) is 35.3 Å². The van der Waals surface area contributed by atoms with Crippen LogP contribution in [0.15, 0.2) is 68.6 Å². The molecular weight excluding hydrogens is 316 g/mol. The molecule has 0 heterocycles. The van der Waals surface area contributed by atoms with Gasteiger partial charge in [-0.25, -0.2) is 0 Å². The minimum absolute atomic E-state index is 0.626. The van der Waals surface area contributed by atoms with Gasteiger partial charge in [0.25, 0.3) is 0 Å². The molecule has 0 unspecified atom stereocenters. The second-order valence-electron chi connectivity index (χ2n) is 4.06. The Labute approximate surface area is 136 Å². The Kier molecular flexibility index (Phi) is 6.54. The molecule has 6 nitrogen and oxygen atoms in total. The monoisotopic (exact) mass is 328 g/mol. The van der Waals surface area contributed by atoms with Crippen molar-refractivity contribution in [1.82, 2.24) is 0 Å². The zero-order valence-electron chi connectivity index (χ0n) is 11.5. The fraction of sp³-hybridized carbons (Fsp3) is 0.143. The summed E-state index contributed by atoms with van der Waals surface area (Å²) in [4.78, 5) is 7.80. The molecule has 110 valence electrons. The lowest BCUT2D eigenvalue weighted by Crippen LogP contribution is -1.84. The molecule has 0 N–H and O–H groups in total. The van der Waals surface area contributed by atoms with Gasteiger partial charge in [-0.1, -0.05) is 34.5 Å². The summed E-state index contributed by atoms with van der Waals surface area (Å²) in [6, 6.07) is 15.0. The van der Waals surface area contributed by atoms with Crippen molar-refractivity contribution < 1.29 is 0 Å². The Morgan fingerprint density at radius 1 is 0.682 bits per heavy atom. The largest absolute Gasteiger partial charge is 0.125 e. The van der Waals surface area contributed by atoms with Crippen LogP contribution >= 0.6 is 23.5 Å². The van der Waals surface area contributed by atoms with Crippen molar-refractivity contribution in [2.24, 2.45) is 10.2 Å². The Balaban J connectivity index is 1.76. The second-order valence-corrected chi connectivity index (χ2v) is 6.40. The first-order valence-electron chi connectivity index (χ1n) is 6.38. The molecule has 0 aliphatic heterocycles. The van der Waals surface area contributed by atoms with E-state index in [0.717, 1.165) is 21.3 Å². The molecule has 0 fully saturated rings. The zero-order chi connectivity index (χ0) is 15.6. The van der Waals surface area contributed by atoms with Gasteiger partial charge in [-0.3, -0.25) is 0 Å². The van der Waals surface area contributed by atoms with Crippen LogP contribution in [-0.2, 0) is 0 Å². The van der Waals surface area contributed by atoms with E-state index in [4.69, 9.17) is 11.1 Å². The SMILES string of the molecule is [N-]=[N+]=Nc1ccc(SCCSc2ccc(N=[N+]=[N-])cc2)cc1.